The van der Waals surface area contributed by atoms with E-state index in [1.807, 2.05) is 0 Å². The third-order valence-electron chi connectivity index (χ3n) is 3.38. The molecule has 0 radical (unpaired) electrons. The van der Waals surface area contributed by atoms with Gasteiger partial charge in [-0.3, -0.25) is 20.2 Å². The summed E-state index contributed by atoms with van der Waals surface area (Å²) < 4.78 is 44.0. The second-order valence-electron chi connectivity index (χ2n) is 5.18. The number of ether oxygens (including phenoxy) is 1. The number of alkyl halides is 3. The van der Waals surface area contributed by atoms with Gasteiger partial charge in [0, 0.05) is 12.1 Å². The zero-order valence-corrected chi connectivity index (χ0v) is 13.0. The number of aryl methyl sites for hydroxylation is 2. The van der Waals surface area contributed by atoms with Gasteiger partial charge in [-0.25, -0.2) is 0 Å². The van der Waals surface area contributed by atoms with E-state index in [9.17, 15) is 33.4 Å². The molecule has 10 heteroatoms. The fourth-order valence-electron chi connectivity index (χ4n) is 2.20. The maximum absolute atomic E-state index is 12.9. The van der Waals surface area contributed by atoms with Crippen LogP contribution in [-0.2, 0) is 6.18 Å². The van der Waals surface area contributed by atoms with Gasteiger partial charge >= 0.3 is 17.6 Å². The Morgan fingerprint density at radius 2 is 1.36 bits per heavy atom. The topological polar surface area (TPSA) is 95.5 Å². The molecule has 0 bridgehead atoms. The minimum Gasteiger partial charge on any atom is -0.444 e. The van der Waals surface area contributed by atoms with Gasteiger partial charge in [0.05, 0.1) is 15.4 Å². The van der Waals surface area contributed by atoms with Gasteiger partial charge in [0.1, 0.15) is 5.75 Å². The van der Waals surface area contributed by atoms with Crippen molar-refractivity contribution < 1.29 is 27.8 Å². The standard InChI is InChI=1S/C15H11F3N2O5/c1-8-4-3-5-9(2)13(8)25-14-11(19(21)22)6-10(15(16,17)18)7-12(14)20(23)24/h3-7H,1-2H3. The van der Waals surface area contributed by atoms with Crippen molar-refractivity contribution in [2.24, 2.45) is 0 Å². The van der Waals surface area contributed by atoms with Gasteiger partial charge in [-0.1, -0.05) is 18.2 Å². The van der Waals surface area contributed by atoms with Crippen molar-refractivity contribution in [3.63, 3.8) is 0 Å². The second kappa shape index (κ2) is 6.38. The number of nitro groups is 2. The van der Waals surface area contributed by atoms with Gasteiger partial charge in [0.2, 0.25) is 0 Å². The first kappa shape index (κ1) is 18.2. The van der Waals surface area contributed by atoms with Crippen molar-refractivity contribution >= 4 is 11.4 Å². The first-order chi connectivity index (χ1) is 11.5. The lowest BCUT2D eigenvalue weighted by atomic mass is 10.1. The van der Waals surface area contributed by atoms with E-state index in [0.717, 1.165) is 0 Å². The highest BCUT2D eigenvalue weighted by Crippen LogP contribution is 2.45. The fourth-order valence-corrected chi connectivity index (χ4v) is 2.20. The van der Waals surface area contributed by atoms with Crippen LogP contribution in [0.15, 0.2) is 30.3 Å². The number of nitro benzene ring substituents is 2. The molecule has 0 spiro atoms. The third kappa shape index (κ3) is 3.67. The smallest absolute Gasteiger partial charge is 0.416 e. The van der Waals surface area contributed by atoms with Crippen LogP contribution in [0.25, 0.3) is 0 Å². The fraction of sp³-hybridized carbons (Fsp3) is 0.200. The van der Waals surface area contributed by atoms with Gasteiger partial charge in [0.25, 0.3) is 5.75 Å². The van der Waals surface area contributed by atoms with Crippen molar-refractivity contribution in [2.75, 3.05) is 0 Å². The Balaban J connectivity index is 2.75. The maximum Gasteiger partial charge on any atom is 0.416 e. The molecule has 0 amide bonds. The van der Waals surface area contributed by atoms with Crippen LogP contribution in [0.2, 0.25) is 0 Å². The molecule has 0 heterocycles. The molecule has 25 heavy (non-hydrogen) atoms. The molecule has 0 atom stereocenters. The summed E-state index contributed by atoms with van der Waals surface area (Å²) in [4.78, 5) is 20.0. The number of halogens is 3. The Labute approximate surface area is 138 Å². The Bertz CT molecular complexity index is 809. The summed E-state index contributed by atoms with van der Waals surface area (Å²) in [6.45, 7) is 3.20. The molecule has 0 saturated heterocycles. The zero-order valence-electron chi connectivity index (χ0n) is 13.0. The highest BCUT2D eigenvalue weighted by molar-refractivity contribution is 5.64. The average molecular weight is 356 g/mol. The first-order valence-corrected chi connectivity index (χ1v) is 6.80. The Kier molecular flexibility index (Phi) is 4.64. The average Bonchev–Trinajstić information content (AvgIpc) is 2.49. The number of hydrogen-bond donors (Lipinski definition) is 0. The largest absolute Gasteiger partial charge is 0.444 e. The number of para-hydroxylation sites is 1. The summed E-state index contributed by atoms with van der Waals surface area (Å²) in [5, 5.41) is 22.3. The summed E-state index contributed by atoms with van der Waals surface area (Å²) in [6.07, 6.45) is -4.98. The quantitative estimate of drug-likeness (QED) is 0.572. The van der Waals surface area contributed by atoms with E-state index in [0.29, 0.717) is 11.1 Å². The maximum atomic E-state index is 12.9. The molecule has 0 unspecified atom stereocenters. The Morgan fingerprint density at radius 3 is 1.72 bits per heavy atom. The summed E-state index contributed by atoms with van der Waals surface area (Å²) in [5.41, 5.74) is -2.74. The molecule has 2 aromatic carbocycles. The highest BCUT2D eigenvalue weighted by Gasteiger charge is 2.38. The number of hydrogen-bond acceptors (Lipinski definition) is 5. The van der Waals surface area contributed by atoms with Crippen LogP contribution in [0.1, 0.15) is 16.7 Å². The second-order valence-corrected chi connectivity index (χ2v) is 5.18. The van der Waals surface area contributed by atoms with Crippen molar-refractivity contribution in [3.8, 4) is 11.5 Å². The van der Waals surface area contributed by atoms with Crippen molar-refractivity contribution in [1.29, 1.82) is 0 Å². The summed E-state index contributed by atoms with van der Waals surface area (Å²) >= 11 is 0. The van der Waals surface area contributed by atoms with E-state index in [1.165, 1.54) is 0 Å². The minimum atomic E-state index is -4.98. The summed E-state index contributed by atoms with van der Waals surface area (Å²) in [5.74, 6) is -0.742. The van der Waals surface area contributed by atoms with E-state index in [1.54, 1.807) is 32.0 Å². The normalized spacial score (nSPS) is 11.2. The van der Waals surface area contributed by atoms with Gasteiger partial charge in [0.15, 0.2) is 0 Å². The molecule has 0 aliphatic heterocycles. The Hall–Kier alpha value is -3.17. The van der Waals surface area contributed by atoms with Crippen LogP contribution in [0.3, 0.4) is 0 Å². The molecule has 0 aromatic heterocycles. The van der Waals surface area contributed by atoms with Gasteiger partial charge in [-0.2, -0.15) is 13.2 Å². The number of benzene rings is 2. The van der Waals surface area contributed by atoms with Gasteiger partial charge in [-0.05, 0) is 25.0 Å². The monoisotopic (exact) mass is 356 g/mol. The summed E-state index contributed by atoms with van der Waals surface area (Å²) in [6, 6.07) is 5.31. The predicted octanol–water partition coefficient (Wildman–Crippen LogP) is 4.93. The molecule has 0 aliphatic rings. The molecular weight excluding hydrogens is 345 g/mol. The van der Waals surface area contributed by atoms with E-state index < -0.39 is 38.7 Å². The molecule has 2 aromatic rings. The molecule has 2 rings (SSSR count). The predicted molar refractivity (Wildman–Crippen MR) is 80.7 cm³/mol. The van der Waals surface area contributed by atoms with Crippen molar-refractivity contribution in [1.82, 2.24) is 0 Å². The van der Waals surface area contributed by atoms with Gasteiger partial charge in [-0.15, -0.1) is 0 Å². The third-order valence-corrected chi connectivity index (χ3v) is 3.38. The SMILES string of the molecule is Cc1cccc(C)c1Oc1c([N+](=O)[O-])cc(C(F)(F)F)cc1[N+](=O)[O-]. The molecule has 132 valence electrons. The zero-order chi connectivity index (χ0) is 18.9. The minimum absolute atomic E-state index is 0.105. The number of nitrogens with zero attached hydrogens (tertiary/aromatic N) is 2. The van der Waals surface area contributed by atoms with Crippen LogP contribution in [-0.4, -0.2) is 9.85 Å². The van der Waals surface area contributed by atoms with Crippen LogP contribution in [0.5, 0.6) is 11.5 Å². The lowest BCUT2D eigenvalue weighted by molar-refractivity contribution is -0.396. The molecule has 0 fully saturated rings. The van der Waals surface area contributed by atoms with Crippen LogP contribution < -0.4 is 4.74 Å². The van der Waals surface area contributed by atoms with Crippen LogP contribution in [0, 0.1) is 34.1 Å². The number of rotatable bonds is 4. The van der Waals surface area contributed by atoms with E-state index in [4.69, 9.17) is 4.74 Å². The van der Waals surface area contributed by atoms with Crippen molar-refractivity contribution in [2.45, 2.75) is 20.0 Å². The van der Waals surface area contributed by atoms with E-state index in [2.05, 4.69) is 0 Å². The van der Waals surface area contributed by atoms with Crippen LogP contribution in [0.4, 0.5) is 24.5 Å². The first-order valence-electron chi connectivity index (χ1n) is 6.80. The molecular formula is C15H11F3N2O5. The highest BCUT2D eigenvalue weighted by atomic mass is 19.4. The van der Waals surface area contributed by atoms with Crippen LogP contribution >= 0.6 is 0 Å². The molecule has 0 saturated carbocycles. The Morgan fingerprint density at radius 1 is 0.920 bits per heavy atom. The lowest BCUT2D eigenvalue weighted by Gasteiger charge is -2.13. The molecule has 0 N–H and O–H groups in total. The van der Waals surface area contributed by atoms with Crippen molar-refractivity contribution in [3.05, 3.63) is 67.3 Å². The summed E-state index contributed by atoms with van der Waals surface area (Å²) in [7, 11) is 0. The van der Waals surface area contributed by atoms with Gasteiger partial charge < -0.3 is 4.74 Å². The molecule has 0 aliphatic carbocycles. The van der Waals surface area contributed by atoms with E-state index in [-0.39, 0.29) is 17.9 Å². The van der Waals surface area contributed by atoms with E-state index >= 15 is 0 Å². The molecule has 7 nitrogen and oxygen atoms in total. The lowest BCUT2D eigenvalue weighted by Crippen LogP contribution is -2.08.